The molecule has 0 saturated heterocycles. The lowest BCUT2D eigenvalue weighted by atomic mass is 10.0. The molecule has 0 bridgehead atoms. The number of rotatable bonds is 4. The molecule has 0 amide bonds. The molecular formula is C16H19F3N2O. The van der Waals surface area contributed by atoms with Crippen LogP contribution in [0.25, 0.3) is 0 Å². The number of hydrogen-bond donors (Lipinski definition) is 1. The zero-order chi connectivity index (χ0) is 16.5. The summed E-state index contributed by atoms with van der Waals surface area (Å²) in [7, 11) is 0. The number of benzene rings is 1. The molecule has 0 fully saturated rings. The average molecular weight is 312 g/mol. The smallest absolute Gasteiger partial charge is 0.278 e. The molecule has 0 aliphatic rings. The van der Waals surface area contributed by atoms with Crippen molar-refractivity contribution in [3.8, 4) is 0 Å². The highest BCUT2D eigenvalue weighted by Gasteiger charge is 2.39. The SMILES string of the molecule is CCc1ccc(Cc2c(C(F)(F)F)n(C(C)C)[nH]c2=O)cc1. The quantitative estimate of drug-likeness (QED) is 0.912. The van der Waals surface area contributed by atoms with E-state index in [1.807, 2.05) is 19.1 Å². The van der Waals surface area contributed by atoms with Gasteiger partial charge in [0.2, 0.25) is 0 Å². The van der Waals surface area contributed by atoms with Gasteiger partial charge in [-0.25, -0.2) is 0 Å². The topological polar surface area (TPSA) is 37.8 Å². The third kappa shape index (κ3) is 3.26. The lowest BCUT2D eigenvalue weighted by Crippen LogP contribution is -2.18. The Hall–Kier alpha value is -1.98. The van der Waals surface area contributed by atoms with Gasteiger partial charge in [-0.2, -0.15) is 13.2 Å². The highest BCUT2D eigenvalue weighted by Crippen LogP contribution is 2.33. The average Bonchev–Trinajstić information content (AvgIpc) is 2.77. The first-order valence-corrected chi connectivity index (χ1v) is 7.22. The third-order valence-electron chi connectivity index (χ3n) is 3.62. The minimum absolute atomic E-state index is 0.0338. The molecule has 6 heteroatoms. The number of alkyl halides is 3. The predicted octanol–water partition coefficient (Wildman–Crippen LogP) is 3.93. The van der Waals surface area contributed by atoms with Gasteiger partial charge in [0.05, 0.1) is 5.56 Å². The van der Waals surface area contributed by atoms with Crippen molar-refractivity contribution < 1.29 is 13.2 Å². The first-order chi connectivity index (χ1) is 10.2. The van der Waals surface area contributed by atoms with E-state index in [9.17, 15) is 18.0 Å². The van der Waals surface area contributed by atoms with Crippen LogP contribution in [0.5, 0.6) is 0 Å². The standard InChI is InChI=1S/C16H19F3N2O/c1-4-11-5-7-12(8-6-11)9-13-14(16(17,18)19)21(10(2)3)20-15(13)22/h5-8,10H,4,9H2,1-3H3,(H,20,22). The number of aryl methyl sites for hydroxylation is 1. The summed E-state index contributed by atoms with van der Waals surface area (Å²) in [6, 6.07) is 6.81. The number of nitrogens with one attached hydrogen (secondary N) is 1. The van der Waals surface area contributed by atoms with E-state index < -0.39 is 23.5 Å². The molecule has 0 atom stereocenters. The molecule has 0 unspecified atom stereocenters. The predicted molar refractivity (Wildman–Crippen MR) is 79.1 cm³/mol. The van der Waals surface area contributed by atoms with E-state index in [4.69, 9.17) is 0 Å². The monoisotopic (exact) mass is 312 g/mol. The Morgan fingerprint density at radius 3 is 2.14 bits per heavy atom. The summed E-state index contributed by atoms with van der Waals surface area (Å²) < 4.78 is 40.9. The molecule has 2 aromatic rings. The third-order valence-corrected chi connectivity index (χ3v) is 3.62. The van der Waals surface area contributed by atoms with Gasteiger partial charge in [-0.15, -0.1) is 0 Å². The molecule has 0 aliphatic heterocycles. The summed E-state index contributed by atoms with van der Waals surface area (Å²) in [4.78, 5) is 12.0. The van der Waals surface area contributed by atoms with Gasteiger partial charge in [-0.05, 0) is 31.4 Å². The summed E-state index contributed by atoms with van der Waals surface area (Å²) in [5, 5.41) is 2.30. The maximum Gasteiger partial charge on any atom is 0.433 e. The Morgan fingerprint density at radius 1 is 1.14 bits per heavy atom. The zero-order valence-corrected chi connectivity index (χ0v) is 12.8. The van der Waals surface area contributed by atoms with E-state index >= 15 is 0 Å². The maximum absolute atomic E-state index is 13.3. The number of halogens is 3. The largest absolute Gasteiger partial charge is 0.433 e. The Morgan fingerprint density at radius 2 is 1.68 bits per heavy atom. The van der Waals surface area contributed by atoms with E-state index in [1.165, 1.54) is 0 Å². The second-order valence-corrected chi connectivity index (χ2v) is 5.58. The van der Waals surface area contributed by atoms with E-state index in [1.54, 1.807) is 26.0 Å². The van der Waals surface area contributed by atoms with Crippen molar-refractivity contribution in [1.29, 1.82) is 0 Å². The normalized spacial score (nSPS) is 12.1. The first-order valence-electron chi connectivity index (χ1n) is 7.22. The van der Waals surface area contributed by atoms with Crippen LogP contribution in [-0.2, 0) is 19.0 Å². The summed E-state index contributed by atoms with van der Waals surface area (Å²) in [5.41, 5.74) is 0.00118. The molecule has 0 aliphatic carbocycles. The van der Waals surface area contributed by atoms with Crippen LogP contribution >= 0.6 is 0 Å². The van der Waals surface area contributed by atoms with Crippen LogP contribution in [0.1, 0.15) is 49.2 Å². The fraction of sp³-hybridized carbons (Fsp3) is 0.438. The van der Waals surface area contributed by atoms with Crippen LogP contribution in [0.15, 0.2) is 29.1 Å². The second kappa shape index (κ2) is 6.02. The van der Waals surface area contributed by atoms with Crippen LogP contribution < -0.4 is 5.56 Å². The summed E-state index contributed by atoms with van der Waals surface area (Å²) >= 11 is 0. The van der Waals surface area contributed by atoms with Crippen LogP contribution in [-0.4, -0.2) is 9.78 Å². The van der Waals surface area contributed by atoms with Gasteiger partial charge >= 0.3 is 6.18 Å². The van der Waals surface area contributed by atoms with Crippen molar-refractivity contribution >= 4 is 0 Å². The fourth-order valence-corrected chi connectivity index (χ4v) is 2.44. The van der Waals surface area contributed by atoms with Crippen LogP contribution in [0.4, 0.5) is 13.2 Å². The number of hydrogen-bond acceptors (Lipinski definition) is 1. The Labute approximate surface area is 126 Å². The molecule has 0 spiro atoms. The van der Waals surface area contributed by atoms with Crippen LogP contribution in [0.3, 0.4) is 0 Å². The van der Waals surface area contributed by atoms with Gasteiger partial charge in [-0.3, -0.25) is 14.6 Å². The second-order valence-electron chi connectivity index (χ2n) is 5.58. The van der Waals surface area contributed by atoms with Crippen molar-refractivity contribution in [3.05, 3.63) is 57.0 Å². The molecule has 120 valence electrons. The van der Waals surface area contributed by atoms with E-state index in [0.29, 0.717) is 5.56 Å². The molecule has 1 aromatic heterocycles. The molecule has 1 aromatic carbocycles. The Kier molecular flexibility index (Phi) is 4.49. The van der Waals surface area contributed by atoms with Crippen molar-refractivity contribution in [2.75, 3.05) is 0 Å². The highest BCUT2D eigenvalue weighted by molar-refractivity contribution is 5.31. The van der Waals surface area contributed by atoms with Gasteiger partial charge in [0.1, 0.15) is 5.69 Å². The van der Waals surface area contributed by atoms with E-state index in [0.717, 1.165) is 16.7 Å². The van der Waals surface area contributed by atoms with Gasteiger partial charge in [0.15, 0.2) is 0 Å². The lowest BCUT2D eigenvalue weighted by molar-refractivity contribution is -0.145. The fourth-order valence-electron chi connectivity index (χ4n) is 2.44. The van der Waals surface area contributed by atoms with E-state index in [-0.39, 0.29) is 12.0 Å². The summed E-state index contributed by atoms with van der Waals surface area (Å²) in [6.07, 6.45) is -3.74. The molecule has 2 rings (SSSR count). The van der Waals surface area contributed by atoms with E-state index in [2.05, 4.69) is 5.10 Å². The minimum atomic E-state index is -4.57. The number of nitrogens with zero attached hydrogens (tertiary/aromatic N) is 1. The summed E-state index contributed by atoms with van der Waals surface area (Å²) in [6.45, 7) is 5.21. The minimum Gasteiger partial charge on any atom is -0.278 e. The molecule has 1 heterocycles. The Balaban J connectivity index is 2.47. The van der Waals surface area contributed by atoms with Crippen molar-refractivity contribution in [1.82, 2.24) is 9.78 Å². The van der Waals surface area contributed by atoms with Gasteiger partial charge < -0.3 is 0 Å². The molecule has 0 radical (unpaired) electrons. The van der Waals surface area contributed by atoms with Gasteiger partial charge in [0.25, 0.3) is 5.56 Å². The number of H-pyrrole nitrogens is 1. The number of aromatic amines is 1. The lowest BCUT2D eigenvalue weighted by Gasteiger charge is -2.15. The van der Waals surface area contributed by atoms with Crippen molar-refractivity contribution in [2.24, 2.45) is 0 Å². The highest BCUT2D eigenvalue weighted by atomic mass is 19.4. The van der Waals surface area contributed by atoms with Crippen molar-refractivity contribution in [3.63, 3.8) is 0 Å². The number of aromatic nitrogens is 2. The summed E-state index contributed by atoms with van der Waals surface area (Å²) in [5.74, 6) is 0. The van der Waals surface area contributed by atoms with Gasteiger partial charge in [0, 0.05) is 12.5 Å². The molecule has 1 N–H and O–H groups in total. The Bertz CT molecular complexity index is 694. The molecular weight excluding hydrogens is 293 g/mol. The van der Waals surface area contributed by atoms with Gasteiger partial charge in [-0.1, -0.05) is 31.2 Å². The van der Waals surface area contributed by atoms with Crippen LogP contribution in [0.2, 0.25) is 0 Å². The molecule has 3 nitrogen and oxygen atoms in total. The molecule has 22 heavy (non-hydrogen) atoms. The molecule has 0 saturated carbocycles. The zero-order valence-electron chi connectivity index (χ0n) is 12.8. The van der Waals surface area contributed by atoms with Crippen molar-refractivity contribution in [2.45, 2.75) is 45.8 Å². The first kappa shape index (κ1) is 16.4. The maximum atomic E-state index is 13.3. The van der Waals surface area contributed by atoms with Crippen LogP contribution in [0, 0.1) is 0 Å².